The zero-order valence-electron chi connectivity index (χ0n) is 16.4. The smallest absolute Gasteiger partial charge is 0.259 e. The van der Waals surface area contributed by atoms with Gasteiger partial charge in [0.25, 0.3) is 5.56 Å². The standard InChI is InChI=1S/C22H24FN3O3/c1-2-18-20(27)19-13-16(15-3-5-17(23)6-4-15)14-24-21(19)26(22(18)28)8-7-25-9-11-29-12-10-25/h3-6,13-14,27H,2,7-12H2,1H3. The molecule has 7 heteroatoms. The summed E-state index contributed by atoms with van der Waals surface area (Å²) in [6, 6.07) is 7.93. The number of benzene rings is 1. The van der Waals surface area contributed by atoms with Gasteiger partial charge in [0.2, 0.25) is 0 Å². The molecule has 1 aromatic carbocycles. The van der Waals surface area contributed by atoms with Crippen LogP contribution in [0.3, 0.4) is 0 Å². The molecule has 1 fully saturated rings. The quantitative estimate of drug-likeness (QED) is 0.717. The molecule has 0 spiro atoms. The van der Waals surface area contributed by atoms with Crippen LogP contribution in [0.5, 0.6) is 5.75 Å². The van der Waals surface area contributed by atoms with E-state index in [4.69, 9.17) is 4.74 Å². The van der Waals surface area contributed by atoms with Gasteiger partial charge in [-0.25, -0.2) is 9.37 Å². The molecule has 1 aliphatic rings. The van der Waals surface area contributed by atoms with Gasteiger partial charge < -0.3 is 9.84 Å². The highest BCUT2D eigenvalue weighted by Crippen LogP contribution is 2.30. The van der Waals surface area contributed by atoms with Crippen molar-refractivity contribution in [2.45, 2.75) is 19.9 Å². The Hall–Kier alpha value is -2.77. The van der Waals surface area contributed by atoms with E-state index in [0.717, 1.165) is 24.2 Å². The van der Waals surface area contributed by atoms with Crippen LogP contribution in [0.15, 0.2) is 41.3 Å². The number of hydrogen-bond acceptors (Lipinski definition) is 5. The molecule has 0 radical (unpaired) electrons. The first-order chi connectivity index (χ1) is 14.1. The Balaban J connectivity index is 1.77. The third-order valence-corrected chi connectivity index (χ3v) is 5.44. The zero-order chi connectivity index (χ0) is 20.4. The second kappa shape index (κ2) is 8.31. The molecule has 0 aliphatic carbocycles. The average Bonchev–Trinajstić information content (AvgIpc) is 2.75. The van der Waals surface area contributed by atoms with Crippen molar-refractivity contribution in [1.29, 1.82) is 0 Å². The van der Waals surface area contributed by atoms with Gasteiger partial charge in [-0.3, -0.25) is 14.3 Å². The van der Waals surface area contributed by atoms with Gasteiger partial charge in [0.1, 0.15) is 17.2 Å². The van der Waals surface area contributed by atoms with Crippen LogP contribution >= 0.6 is 0 Å². The first kappa shape index (κ1) is 19.5. The fourth-order valence-electron chi connectivity index (χ4n) is 3.76. The first-order valence-corrected chi connectivity index (χ1v) is 9.89. The van der Waals surface area contributed by atoms with Crippen molar-refractivity contribution < 1.29 is 14.2 Å². The van der Waals surface area contributed by atoms with Crippen molar-refractivity contribution in [3.63, 3.8) is 0 Å². The number of nitrogens with zero attached hydrogens (tertiary/aromatic N) is 3. The summed E-state index contributed by atoms with van der Waals surface area (Å²) >= 11 is 0. The second-order valence-corrected chi connectivity index (χ2v) is 7.19. The predicted octanol–water partition coefficient (Wildman–Crippen LogP) is 2.80. The van der Waals surface area contributed by atoms with Crippen LogP contribution in [0.25, 0.3) is 22.2 Å². The van der Waals surface area contributed by atoms with Gasteiger partial charge in [0.15, 0.2) is 0 Å². The molecular weight excluding hydrogens is 373 g/mol. The van der Waals surface area contributed by atoms with E-state index in [9.17, 15) is 14.3 Å². The lowest BCUT2D eigenvalue weighted by atomic mass is 10.0. The lowest BCUT2D eigenvalue weighted by Gasteiger charge is -2.27. The van der Waals surface area contributed by atoms with Gasteiger partial charge in [-0.05, 0) is 30.2 Å². The van der Waals surface area contributed by atoms with Crippen LogP contribution in [-0.4, -0.2) is 52.4 Å². The van der Waals surface area contributed by atoms with Gasteiger partial charge in [-0.1, -0.05) is 19.1 Å². The summed E-state index contributed by atoms with van der Waals surface area (Å²) in [6.45, 7) is 6.14. The Morgan fingerprint density at radius 1 is 1.14 bits per heavy atom. The minimum absolute atomic E-state index is 0.0217. The zero-order valence-corrected chi connectivity index (χ0v) is 16.4. The van der Waals surface area contributed by atoms with E-state index in [2.05, 4.69) is 9.88 Å². The van der Waals surface area contributed by atoms with Gasteiger partial charge >= 0.3 is 0 Å². The number of halogens is 1. The summed E-state index contributed by atoms with van der Waals surface area (Å²) in [6.07, 6.45) is 2.09. The minimum atomic E-state index is -0.310. The maximum absolute atomic E-state index is 13.2. The normalized spacial score (nSPS) is 15.1. The fraction of sp³-hybridized carbons (Fsp3) is 0.364. The third kappa shape index (κ3) is 3.88. The number of hydrogen-bond donors (Lipinski definition) is 1. The molecule has 2 aromatic heterocycles. The Morgan fingerprint density at radius 3 is 2.55 bits per heavy atom. The number of ether oxygens (including phenoxy) is 1. The van der Waals surface area contributed by atoms with E-state index < -0.39 is 0 Å². The first-order valence-electron chi connectivity index (χ1n) is 9.89. The maximum atomic E-state index is 13.2. The monoisotopic (exact) mass is 397 g/mol. The molecule has 1 N–H and O–H groups in total. The Morgan fingerprint density at radius 2 is 1.86 bits per heavy atom. The van der Waals surface area contributed by atoms with Crippen LogP contribution in [0.1, 0.15) is 12.5 Å². The van der Waals surface area contributed by atoms with Gasteiger partial charge in [0.05, 0.1) is 24.2 Å². The molecule has 3 heterocycles. The Labute approximate surface area is 168 Å². The number of fused-ring (bicyclic) bond motifs is 1. The SMILES string of the molecule is CCc1c(O)c2cc(-c3ccc(F)cc3)cnc2n(CCN2CCOCC2)c1=O. The summed E-state index contributed by atoms with van der Waals surface area (Å²) in [7, 11) is 0. The lowest BCUT2D eigenvalue weighted by Crippen LogP contribution is -2.39. The molecule has 6 nitrogen and oxygen atoms in total. The van der Waals surface area contributed by atoms with E-state index in [1.807, 2.05) is 13.0 Å². The largest absolute Gasteiger partial charge is 0.507 e. The summed E-state index contributed by atoms with van der Waals surface area (Å²) in [5.41, 5.74) is 2.20. The topological polar surface area (TPSA) is 67.6 Å². The van der Waals surface area contributed by atoms with Crippen molar-refractivity contribution >= 4 is 11.0 Å². The van der Waals surface area contributed by atoms with E-state index in [1.165, 1.54) is 12.1 Å². The molecular formula is C22H24FN3O3. The number of rotatable bonds is 5. The number of pyridine rings is 2. The highest BCUT2D eigenvalue weighted by Gasteiger charge is 2.18. The van der Waals surface area contributed by atoms with Crippen molar-refractivity contribution in [2.24, 2.45) is 0 Å². The lowest BCUT2D eigenvalue weighted by molar-refractivity contribution is 0.0364. The van der Waals surface area contributed by atoms with Crippen molar-refractivity contribution in [2.75, 3.05) is 32.8 Å². The molecule has 0 saturated carbocycles. The summed E-state index contributed by atoms with van der Waals surface area (Å²) in [4.78, 5) is 19.7. The maximum Gasteiger partial charge on any atom is 0.259 e. The van der Waals surface area contributed by atoms with Gasteiger partial charge in [-0.15, -0.1) is 0 Å². The van der Waals surface area contributed by atoms with Gasteiger partial charge in [-0.2, -0.15) is 0 Å². The van der Waals surface area contributed by atoms with Gasteiger partial charge in [0, 0.05) is 37.9 Å². The fourth-order valence-corrected chi connectivity index (χ4v) is 3.76. The number of aromatic hydroxyl groups is 1. The Bertz CT molecular complexity index is 1070. The van der Waals surface area contributed by atoms with Crippen LogP contribution in [-0.2, 0) is 17.7 Å². The van der Waals surface area contributed by atoms with E-state index in [0.29, 0.717) is 49.3 Å². The highest BCUT2D eigenvalue weighted by atomic mass is 19.1. The third-order valence-electron chi connectivity index (χ3n) is 5.44. The van der Waals surface area contributed by atoms with Crippen molar-refractivity contribution in [3.05, 3.63) is 58.3 Å². The summed E-state index contributed by atoms with van der Waals surface area (Å²) in [5.74, 6) is -0.331. The molecule has 0 amide bonds. The molecule has 1 saturated heterocycles. The van der Waals surface area contributed by atoms with E-state index in [1.54, 1.807) is 22.9 Å². The van der Waals surface area contributed by atoms with Crippen molar-refractivity contribution in [3.8, 4) is 16.9 Å². The van der Waals surface area contributed by atoms with E-state index in [-0.39, 0.29) is 17.1 Å². The van der Waals surface area contributed by atoms with Crippen LogP contribution < -0.4 is 5.56 Å². The highest BCUT2D eigenvalue weighted by molar-refractivity contribution is 5.87. The summed E-state index contributed by atoms with van der Waals surface area (Å²) < 4.78 is 20.3. The molecule has 3 aromatic rings. The van der Waals surface area contributed by atoms with Crippen LogP contribution in [0.2, 0.25) is 0 Å². The minimum Gasteiger partial charge on any atom is -0.507 e. The predicted molar refractivity (Wildman–Crippen MR) is 110 cm³/mol. The van der Waals surface area contributed by atoms with Crippen LogP contribution in [0, 0.1) is 5.82 Å². The second-order valence-electron chi connectivity index (χ2n) is 7.19. The molecule has 4 rings (SSSR count). The Kier molecular flexibility index (Phi) is 5.60. The number of aromatic nitrogens is 2. The van der Waals surface area contributed by atoms with Crippen molar-refractivity contribution in [1.82, 2.24) is 14.5 Å². The molecule has 0 unspecified atom stereocenters. The summed E-state index contributed by atoms with van der Waals surface area (Å²) in [5, 5.41) is 11.3. The average molecular weight is 397 g/mol. The van der Waals surface area contributed by atoms with Crippen LogP contribution in [0.4, 0.5) is 4.39 Å². The molecule has 0 bridgehead atoms. The molecule has 29 heavy (non-hydrogen) atoms. The molecule has 152 valence electrons. The number of morpholine rings is 1. The molecule has 0 atom stereocenters. The van der Waals surface area contributed by atoms with E-state index >= 15 is 0 Å². The molecule has 1 aliphatic heterocycles.